The normalized spacial score (nSPS) is 16.5. The zero-order chi connectivity index (χ0) is 13.2. The van der Waals surface area contributed by atoms with E-state index in [0.29, 0.717) is 11.8 Å². The molecule has 0 spiro atoms. The van der Waals surface area contributed by atoms with Crippen LogP contribution in [0, 0.1) is 0 Å². The van der Waals surface area contributed by atoms with Gasteiger partial charge in [-0.1, -0.05) is 42.1 Å². The van der Waals surface area contributed by atoms with Gasteiger partial charge in [-0.3, -0.25) is 4.57 Å². The molecule has 1 unspecified atom stereocenters. The molecule has 0 amide bonds. The molecule has 1 heterocycles. The predicted molar refractivity (Wildman–Crippen MR) is 75.2 cm³/mol. The van der Waals surface area contributed by atoms with Gasteiger partial charge in [0.15, 0.2) is 5.16 Å². The summed E-state index contributed by atoms with van der Waals surface area (Å²) in [6.07, 6.45) is 2.13. The van der Waals surface area contributed by atoms with Gasteiger partial charge in [0.05, 0.1) is 0 Å². The number of benzene rings is 1. The molecule has 100 valence electrons. The maximum absolute atomic E-state index is 11.6. The molecule has 1 aliphatic carbocycles. The summed E-state index contributed by atoms with van der Waals surface area (Å²) in [5.74, 6) is 0.709. The van der Waals surface area contributed by atoms with Gasteiger partial charge in [0.1, 0.15) is 0 Å². The monoisotopic (exact) mass is 276 g/mol. The van der Waals surface area contributed by atoms with E-state index < -0.39 is 0 Å². The standard InChI is InChI=1S/C13H16N4OS/c14-11(9-4-2-1-3-5-9)8-19-13-16-15-12(18)17(13)10-6-7-10/h1-5,10-11H,6-8,14H2,(H,15,18). The maximum atomic E-state index is 11.6. The van der Waals surface area contributed by atoms with E-state index in [0.717, 1.165) is 23.6 Å². The van der Waals surface area contributed by atoms with Gasteiger partial charge < -0.3 is 5.73 Å². The number of rotatable bonds is 5. The lowest BCUT2D eigenvalue weighted by Crippen LogP contribution is -2.17. The minimum absolute atomic E-state index is 0.0503. The molecule has 0 radical (unpaired) electrons. The predicted octanol–water partition coefficient (Wildman–Crippen LogP) is 1.70. The zero-order valence-corrected chi connectivity index (χ0v) is 11.3. The van der Waals surface area contributed by atoms with Gasteiger partial charge in [0, 0.05) is 17.8 Å². The highest BCUT2D eigenvalue weighted by Crippen LogP contribution is 2.36. The molecule has 1 aliphatic rings. The number of hydrogen-bond acceptors (Lipinski definition) is 4. The van der Waals surface area contributed by atoms with Crippen molar-refractivity contribution < 1.29 is 0 Å². The van der Waals surface area contributed by atoms with Gasteiger partial charge in [-0.15, -0.1) is 5.10 Å². The first-order chi connectivity index (χ1) is 9.25. The molecule has 0 saturated heterocycles. The number of nitrogens with two attached hydrogens (primary N) is 1. The van der Waals surface area contributed by atoms with Crippen LogP contribution in [0.15, 0.2) is 40.3 Å². The van der Waals surface area contributed by atoms with Crippen LogP contribution in [0.4, 0.5) is 0 Å². The second-order valence-electron chi connectivity index (χ2n) is 4.74. The highest BCUT2D eigenvalue weighted by atomic mass is 32.2. The summed E-state index contributed by atoms with van der Waals surface area (Å²) < 4.78 is 1.75. The highest BCUT2D eigenvalue weighted by Gasteiger charge is 2.28. The van der Waals surface area contributed by atoms with Crippen LogP contribution in [0.5, 0.6) is 0 Å². The molecule has 6 heteroatoms. The topological polar surface area (TPSA) is 76.7 Å². The molecule has 2 aromatic rings. The lowest BCUT2D eigenvalue weighted by Gasteiger charge is -2.11. The molecular formula is C13H16N4OS. The Hall–Kier alpha value is -1.53. The van der Waals surface area contributed by atoms with Crippen molar-refractivity contribution in [3.8, 4) is 0 Å². The van der Waals surface area contributed by atoms with Crippen LogP contribution in [-0.4, -0.2) is 20.5 Å². The third kappa shape index (κ3) is 2.74. The molecule has 3 rings (SSSR count). The van der Waals surface area contributed by atoms with Crippen molar-refractivity contribution in [2.45, 2.75) is 30.1 Å². The van der Waals surface area contributed by atoms with Crippen molar-refractivity contribution in [3.05, 3.63) is 46.4 Å². The van der Waals surface area contributed by atoms with Crippen LogP contribution in [0.2, 0.25) is 0 Å². The van der Waals surface area contributed by atoms with E-state index in [1.165, 1.54) is 11.8 Å². The van der Waals surface area contributed by atoms with Gasteiger partial charge >= 0.3 is 5.69 Å². The Morgan fingerprint density at radius 3 is 2.84 bits per heavy atom. The van der Waals surface area contributed by atoms with Crippen LogP contribution in [0.1, 0.15) is 30.5 Å². The molecule has 1 aromatic heterocycles. The smallest absolute Gasteiger partial charge is 0.323 e. The molecule has 1 saturated carbocycles. The second-order valence-corrected chi connectivity index (χ2v) is 5.73. The number of hydrogen-bond donors (Lipinski definition) is 2. The van der Waals surface area contributed by atoms with Gasteiger partial charge in [0.2, 0.25) is 0 Å². The Balaban J connectivity index is 1.68. The van der Waals surface area contributed by atoms with Crippen LogP contribution >= 0.6 is 11.8 Å². The Morgan fingerprint density at radius 1 is 1.42 bits per heavy atom. The van der Waals surface area contributed by atoms with Crippen LogP contribution in [0.3, 0.4) is 0 Å². The maximum Gasteiger partial charge on any atom is 0.344 e. The Bertz CT molecular complexity index is 603. The van der Waals surface area contributed by atoms with Crippen molar-refractivity contribution in [2.75, 3.05) is 5.75 Å². The first-order valence-corrected chi connectivity index (χ1v) is 7.34. The zero-order valence-electron chi connectivity index (χ0n) is 10.5. The highest BCUT2D eigenvalue weighted by molar-refractivity contribution is 7.99. The second kappa shape index (κ2) is 5.22. The lowest BCUT2D eigenvalue weighted by molar-refractivity contribution is 0.641. The van der Waals surface area contributed by atoms with E-state index in [2.05, 4.69) is 10.2 Å². The molecular weight excluding hydrogens is 260 g/mol. The Morgan fingerprint density at radius 2 is 2.16 bits per heavy atom. The van der Waals surface area contributed by atoms with Crippen molar-refractivity contribution in [1.82, 2.24) is 14.8 Å². The third-order valence-corrected chi connectivity index (χ3v) is 4.28. The average molecular weight is 276 g/mol. The van der Waals surface area contributed by atoms with Crippen molar-refractivity contribution in [1.29, 1.82) is 0 Å². The Labute approximate surface area is 115 Å². The summed E-state index contributed by atoms with van der Waals surface area (Å²) in [5, 5.41) is 7.34. The fraction of sp³-hybridized carbons (Fsp3) is 0.385. The van der Waals surface area contributed by atoms with E-state index >= 15 is 0 Å². The summed E-state index contributed by atoms with van der Waals surface area (Å²) in [6, 6.07) is 10.3. The molecule has 1 atom stereocenters. The number of nitrogens with zero attached hydrogens (tertiary/aromatic N) is 2. The molecule has 0 bridgehead atoms. The molecule has 0 aliphatic heterocycles. The van der Waals surface area contributed by atoms with Crippen LogP contribution in [0.25, 0.3) is 0 Å². The van der Waals surface area contributed by atoms with E-state index in [-0.39, 0.29) is 11.7 Å². The fourth-order valence-electron chi connectivity index (χ4n) is 2.01. The van der Waals surface area contributed by atoms with Crippen molar-refractivity contribution in [3.63, 3.8) is 0 Å². The third-order valence-electron chi connectivity index (χ3n) is 3.20. The van der Waals surface area contributed by atoms with Gasteiger partial charge in [-0.25, -0.2) is 9.89 Å². The van der Waals surface area contributed by atoms with Gasteiger partial charge in [0.25, 0.3) is 0 Å². The number of nitrogens with one attached hydrogen (secondary N) is 1. The number of thioether (sulfide) groups is 1. The van der Waals surface area contributed by atoms with Crippen LogP contribution in [-0.2, 0) is 0 Å². The minimum atomic E-state index is -0.113. The first kappa shape index (κ1) is 12.5. The summed E-state index contributed by atoms with van der Waals surface area (Å²) in [7, 11) is 0. The van der Waals surface area contributed by atoms with Gasteiger partial charge in [-0.05, 0) is 18.4 Å². The quantitative estimate of drug-likeness (QED) is 0.815. The van der Waals surface area contributed by atoms with E-state index in [1.54, 1.807) is 4.57 Å². The van der Waals surface area contributed by atoms with Gasteiger partial charge in [-0.2, -0.15) is 0 Å². The molecule has 1 aromatic carbocycles. The van der Waals surface area contributed by atoms with E-state index in [1.807, 2.05) is 30.3 Å². The number of aromatic amines is 1. The summed E-state index contributed by atoms with van der Waals surface area (Å²) in [5.41, 5.74) is 7.14. The largest absolute Gasteiger partial charge is 0.344 e. The molecule has 19 heavy (non-hydrogen) atoms. The minimum Gasteiger partial charge on any atom is -0.323 e. The van der Waals surface area contributed by atoms with Crippen molar-refractivity contribution in [2.24, 2.45) is 5.73 Å². The molecule has 5 nitrogen and oxygen atoms in total. The summed E-state index contributed by atoms with van der Waals surface area (Å²) in [4.78, 5) is 11.6. The number of aromatic nitrogens is 3. The summed E-state index contributed by atoms with van der Waals surface area (Å²) in [6.45, 7) is 0. The van der Waals surface area contributed by atoms with E-state index in [4.69, 9.17) is 5.73 Å². The first-order valence-electron chi connectivity index (χ1n) is 6.36. The van der Waals surface area contributed by atoms with E-state index in [9.17, 15) is 4.79 Å². The molecule has 3 N–H and O–H groups in total. The Kier molecular flexibility index (Phi) is 3.44. The average Bonchev–Trinajstić information content (AvgIpc) is 3.21. The lowest BCUT2D eigenvalue weighted by atomic mass is 10.1. The summed E-state index contributed by atoms with van der Waals surface area (Å²) >= 11 is 1.53. The number of H-pyrrole nitrogens is 1. The van der Waals surface area contributed by atoms with Crippen molar-refractivity contribution >= 4 is 11.8 Å². The SMILES string of the molecule is NC(CSc1n[nH]c(=O)n1C1CC1)c1ccccc1. The molecule has 1 fully saturated rings. The van der Waals surface area contributed by atoms with Crippen LogP contribution < -0.4 is 11.4 Å². The fourth-order valence-corrected chi connectivity index (χ4v) is 3.01.